The molecule has 0 unspecified atom stereocenters. The highest BCUT2D eigenvalue weighted by atomic mass is 16.5. The Morgan fingerprint density at radius 1 is 1.10 bits per heavy atom. The Labute approximate surface area is 176 Å². The van der Waals surface area contributed by atoms with E-state index in [-0.39, 0.29) is 24.3 Å². The molecule has 0 saturated carbocycles. The first-order valence-electron chi connectivity index (χ1n) is 10.00. The lowest BCUT2D eigenvalue weighted by Gasteiger charge is -2.30. The van der Waals surface area contributed by atoms with Crippen molar-refractivity contribution in [2.75, 3.05) is 39.2 Å². The Kier molecular flexibility index (Phi) is 7.62. The molecule has 2 aromatic rings. The van der Waals surface area contributed by atoms with Crippen molar-refractivity contribution in [3.05, 3.63) is 48.3 Å². The summed E-state index contributed by atoms with van der Waals surface area (Å²) in [5.41, 5.74) is 1.63. The van der Waals surface area contributed by atoms with Crippen LogP contribution in [0.25, 0.3) is 0 Å². The molecule has 0 atom stereocenters. The summed E-state index contributed by atoms with van der Waals surface area (Å²) in [5, 5.41) is 5.88. The number of piperidine rings is 1. The number of pyridine rings is 1. The summed E-state index contributed by atoms with van der Waals surface area (Å²) in [5.74, 6) is 1.15. The van der Waals surface area contributed by atoms with Crippen LogP contribution >= 0.6 is 0 Å². The Bertz CT molecular complexity index is 851. The van der Waals surface area contributed by atoms with Crippen LogP contribution < -0.4 is 20.1 Å². The number of nitrogens with zero attached hydrogens (tertiary/aromatic N) is 2. The summed E-state index contributed by atoms with van der Waals surface area (Å²) in [6, 6.07) is 9.04. The summed E-state index contributed by atoms with van der Waals surface area (Å²) in [6.07, 6.45) is 4.90. The minimum atomic E-state index is -0.112. The zero-order chi connectivity index (χ0) is 21.3. The second kappa shape index (κ2) is 10.6. The van der Waals surface area contributed by atoms with Crippen LogP contribution in [0.3, 0.4) is 0 Å². The zero-order valence-electron chi connectivity index (χ0n) is 17.4. The largest absolute Gasteiger partial charge is 0.497 e. The van der Waals surface area contributed by atoms with Gasteiger partial charge in [-0.1, -0.05) is 0 Å². The van der Waals surface area contributed by atoms with Crippen LogP contribution in [-0.2, 0) is 16.1 Å². The number of methoxy groups -OCH3 is 2. The first-order chi connectivity index (χ1) is 14.6. The van der Waals surface area contributed by atoms with Crippen molar-refractivity contribution in [2.45, 2.75) is 19.4 Å². The first kappa shape index (κ1) is 21.6. The van der Waals surface area contributed by atoms with Gasteiger partial charge in [0.25, 0.3) is 0 Å². The van der Waals surface area contributed by atoms with Crippen molar-refractivity contribution in [2.24, 2.45) is 5.92 Å². The normalized spacial score (nSPS) is 14.7. The molecule has 2 heterocycles. The Morgan fingerprint density at radius 2 is 1.83 bits per heavy atom. The first-order valence-corrected chi connectivity index (χ1v) is 10.00. The predicted molar refractivity (Wildman–Crippen MR) is 113 cm³/mol. The summed E-state index contributed by atoms with van der Waals surface area (Å²) >= 11 is 0. The molecule has 2 amide bonds. The van der Waals surface area contributed by atoms with E-state index in [9.17, 15) is 9.59 Å². The molecule has 0 spiro atoms. The molecule has 3 rings (SSSR count). The molecule has 8 heteroatoms. The lowest BCUT2D eigenvalue weighted by atomic mass is 9.96. The number of hydrogen-bond donors (Lipinski definition) is 2. The number of nitrogens with one attached hydrogen (secondary N) is 2. The summed E-state index contributed by atoms with van der Waals surface area (Å²) < 4.78 is 10.5. The number of rotatable bonds is 8. The van der Waals surface area contributed by atoms with Crippen LogP contribution in [0.1, 0.15) is 18.4 Å². The van der Waals surface area contributed by atoms with Crippen LogP contribution in [0.2, 0.25) is 0 Å². The minimum Gasteiger partial charge on any atom is -0.497 e. The van der Waals surface area contributed by atoms with Gasteiger partial charge in [0, 0.05) is 30.9 Å². The molecule has 2 N–H and O–H groups in total. The van der Waals surface area contributed by atoms with Crippen LogP contribution in [0.15, 0.2) is 42.7 Å². The predicted octanol–water partition coefficient (Wildman–Crippen LogP) is 2.07. The van der Waals surface area contributed by atoms with Gasteiger partial charge in [0.15, 0.2) is 0 Å². The highest BCUT2D eigenvalue weighted by Crippen LogP contribution is 2.29. The molecule has 1 aliphatic rings. The average Bonchev–Trinajstić information content (AvgIpc) is 2.79. The van der Waals surface area contributed by atoms with Gasteiger partial charge in [0.05, 0.1) is 26.5 Å². The van der Waals surface area contributed by atoms with Gasteiger partial charge in [-0.2, -0.15) is 0 Å². The SMILES string of the molecule is COc1ccc(NC(=O)CN2CCC(C(=O)NCc3ccncc3)CC2)c(OC)c1. The van der Waals surface area contributed by atoms with Gasteiger partial charge >= 0.3 is 0 Å². The van der Waals surface area contributed by atoms with E-state index in [1.807, 2.05) is 12.1 Å². The van der Waals surface area contributed by atoms with E-state index in [1.165, 1.54) is 0 Å². The van der Waals surface area contributed by atoms with Crippen molar-refractivity contribution in [1.82, 2.24) is 15.2 Å². The van der Waals surface area contributed by atoms with Gasteiger partial charge in [-0.3, -0.25) is 19.5 Å². The van der Waals surface area contributed by atoms with E-state index >= 15 is 0 Å². The molecule has 1 aromatic carbocycles. The monoisotopic (exact) mass is 412 g/mol. The number of amides is 2. The third kappa shape index (κ3) is 5.93. The van der Waals surface area contributed by atoms with Crippen LogP contribution in [-0.4, -0.2) is 55.6 Å². The second-order valence-electron chi connectivity index (χ2n) is 7.24. The fraction of sp³-hybridized carbons (Fsp3) is 0.409. The summed E-state index contributed by atoms with van der Waals surface area (Å²) in [4.78, 5) is 30.9. The Morgan fingerprint density at radius 3 is 2.50 bits per heavy atom. The molecule has 1 aromatic heterocycles. The number of ether oxygens (including phenoxy) is 2. The van der Waals surface area contributed by atoms with Gasteiger partial charge in [0.2, 0.25) is 11.8 Å². The highest BCUT2D eigenvalue weighted by Gasteiger charge is 2.26. The maximum Gasteiger partial charge on any atom is 0.238 e. The van der Waals surface area contributed by atoms with E-state index in [0.29, 0.717) is 36.8 Å². The van der Waals surface area contributed by atoms with Crippen molar-refractivity contribution in [3.63, 3.8) is 0 Å². The molecule has 1 saturated heterocycles. The third-order valence-corrected chi connectivity index (χ3v) is 5.22. The number of carbonyl (C=O) groups is 2. The van der Waals surface area contributed by atoms with E-state index in [2.05, 4.69) is 20.5 Å². The quantitative estimate of drug-likeness (QED) is 0.690. The lowest BCUT2D eigenvalue weighted by Crippen LogP contribution is -2.43. The van der Waals surface area contributed by atoms with Crippen molar-refractivity contribution in [1.29, 1.82) is 0 Å². The van der Waals surface area contributed by atoms with Crippen LogP contribution in [0, 0.1) is 5.92 Å². The molecule has 1 aliphatic heterocycles. The summed E-state index contributed by atoms with van der Waals surface area (Å²) in [6.45, 7) is 2.20. The van der Waals surface area contributed by atoms with E-state index in [0.717, 1.165) is 18.4 Å². The molecule has 1 fully saturated rings. The van der Waals surface area contributed by atoms with Crippen molar-refractivity contribution < 1.29 is 19.1 Å². The molecular formula is C22H28N4O4. The Balaban J connectivity index is 1.43. The maximum atomic E-state index is 12.5. The van der Waals surface area contributed by atoms with Crippen LogP contribution in [0.5, 0.6) is 11.5 Å². The van der Waals surface area contributed by atoms with Gasteiger partial charge in [-0.15, -0.1) is 0 Å². The number of likely N-dealkylation sites (tertiary alicyclic amines) is 1. The number of aromatic nitrogens is 1. The molecule has 0 aliphatic carbocycles. The molecule has 8 nitrogen and oxygen atoms in total. The van der Waals surface area contributed by atoms with E-state index < -0.39 is 0 Å². The van der Waals surface area contributed by atoms with Gasteiger partial charge in [-0.25, -0.2) is 0 Å². The lowest BCUT2D eigenvalue weighted by molar-refractivity contribution is -0.126. The Hall–Kier alpha value is -3.13. The van der Waals surface area contributed by atoms with E-state index in [1.54, 1.807) is 44.8 Å². The number of anilines is 1. The maximum absolute atomic E-state index is 12.5. The third-order valence-electron chi connectivity index (χ3n) is 5.22. The van der Waals surface area contributed by atoms with Crippen molar-refractivity contribution >= 4 is 17.5 Å². The highest BCUT2D eigenvalue weighted by molar-refractivity contribution is 5.93. The minimum absolute atomic E-state index is 0.0205. The number of carbonyl (C=O) groups excluding carboxylic acids is 2. The molecule has 30 heavy (non-hydrogen) atoms. The second-order valence-corrected chi connectivity index (χ2v) is 7.24. The standard InChI is InChI=1S/C22H28N4O4/c1-29-18-3-4-19(20(13-18)30-2)25-21(27)15-26-11-7-17(8-12-26)22(28)24-14-16-5-9-23-10-6-16/h3-6,9-10,13,17H,7-8,11-12,14-15H2,1-2H3,(H,24,28)(H,25,27). The van der Waals surface area contributed by atoms with E-state index in [4.69, 9.17) is 9.47 Å². The zero-order valence-corrected chi connectivity index (χ0v) is 17.4. The fourth-order valence-electron chi connectivity index (χ4n) is 3.48. The molecule has 0 radical (unpaired) electrons. The van der Waals surface area contributed by atoms with Crippen molar-refractivity contribution in [3.8, 4) is 11.5 Å². The number of hydrogen-bond acceptors (Lipinski definition) is 6. The fourth-order valence-corrected chi connectivity index (χ4v) is 3.48. The van der Waals surface area contributed by atoms with Gasteiger partial charge in [0.1, 0.15) is 11.5 Å². The smallest absolute Gasteiger partial charge is 0.238 e. The van der Waals surface area contributed by atoms with Gasteiger partial charge in [-0.05, 0) is 55.8 Å². The summed E-state index contributed by atoms with van der Waals surface area (Å²) in [7, 11) is 3.13. The van der Waals surface area contributed by atoms with Crippen LogP contribution in [0.4, 0.5) is 5.69 Å². The molecule has 0 bridgehead atoms. The van der Waals surface area contributed by atoms with Gasteiger partial charge < -0.3 is 20.1 Å². The topological polar surface area (TPSA) is 92.8 Å². The molecule has 160 valence electrons. The molecular weight excluding hydrogens is 384 g/mol. The average molecular weight is 412 g/mol. The number of benzene rings is 1.